The van der Waals surface area contributed by atoms with Crippen molar-refractivity contribution in [3.8, 4) is 0 Å². The van der Waals surface area contributed by atoms with E-state index in [1.165, 1.54) is 0 Å². The first-order valence-corrected chi connectivity index (χ1v) is 4.81. The third-order valence-electron chi connectivity index (χ3n) is 2.39. The molecule has 14 heavy (non-hydrogen) atoms. The lowest BCUT2D eigenvalue weighted by molar-refractivity contribution is -0.283. The molecule has 0 aromatic heterocycles. The van der Waals surface area contributed by atoms with E-state index in [4.69, 9.17) is 4.74 Å². The Hall–Kier alpha value is -0.200. The molecule has 0 radical (unpaired) electrons. The summed E-state index contributed by atoms with van der Waals surface area (Å²) in [7, 11) is 0. The van der Waals surface area contributed by atoms with Crippen molar-refractivity contribution in [1.29, 1.82) is 0 Å². The molecule has 1 saturated heterocycles. The maximum absolute atomic E-state index is 9.53. The predicted octanol–water partition coefficient (Wildman–Crippen LogP) is -1.17. The van der Waals surface area contributed by atoms with Crippen LogP contribution in [0, 0.1) is 5.92 Å². The van der Waals surface area contributed by atoms with Crippen molar-refractivity contribution in [1.82, 2.24) is 0 Å². The maximum Gasteiger partial charge on any atom is 0.183 e. The summed E-state index contributed by atoms with van der Waals surface area (Å²) in [6, 6.07) is 0. The molecule has 0 aromatic carbocycles. The van der Waals surface area contributed by atoms with Crippen LogP contribution in [-0.2, 0) is 4.74 Å². The summed E-state index contributed by atoms with van der Waals surface area (Å²) < 4.78 is 4.99. The van der Waals surface area contributed by atoms with Crippen molar-refractivity contribution in [2.75, 3.05) is 0 Å². The van der Waals surface area contributed by atoms with E-state index in [2.05, 4.69) is 0 Å². The molecule has 1 aliphatic rings. The smallest absolute Gasteiger partial charge is 0.183 e. The van der Waals surface area contributed by atoms with Crippen LogP contribution in [0.5, 0.6) is 0 Å². The number of aliphatic hydroxyl groups is 4. The quantitative estimate of drug-likeness (QED) is 0.457. The van der Waals surface area contributed by atoms with E-state index in [0.29, 0.717) is 6.42 Å². The Morgan fingerprint density at radius 1 is 1.00 bits per heavy atom. The molecule has 0 bridgehead atoms. The van der Waals surface area contributed by atoms with Gasteiger partial charge in [0.05, 0.1) is 6.10 Å². The largest absolute Gasteiger partial charge is 0.388 e. The van der Waals surface area contributed by atoms with Crippen molar-refractivity contribution in [2.24, 2.45) is 5.92 Å². The van der Waals surface area contributed by atoms with Gasteiger partial charge in [0.15, 0.2) is 6.29 Å². The summed E-state index contributed by atoms with van der Waals surface area (Å²) in [5.74, 6) is 0.282. The first-order chi connectivity index (χ1) is 6.43. The highest BCUT2D eigenvalue weighted by Gasteiger charge is 2.42. The van der Waals surface area contributed by atoms with Gasteiger partial charge in [-0.1, -0.05) is 13.8 Å². The molecule has 1 fully saturated rings. The fourth-order valence-electron chi connectivity index (χ4n) is 1.59. The van der Waals surface area contributed by atoms with Crippen LogP contribution in [-0.4, -0.2) is 51.1 Å². The topological polar surface area (TPSA) is 90.2 Å². The molecule has 0 aliphatic carbocycles. The Balaban J connectivity index is 2.60. The van der Waals surface area contributed by atoms with Gasteiger partial charge in [0.2, 0.25) is 0 Å². The molecule has 5 nitrogen and oxygen atoms in total. The molecule has 1 heterocycles. The standard InChI is InChI=1S/C9H18O5/c1-4(2)3-5-6(10)7(11)8(12)9(13)14-5/h4-13H,3H2,1-2H3/t5-,6-,7+,8-,9?/m0/s1. The van der Waals surface area contributed by atoms with E-state index >= 15 is 0 Å². The molecule has 1 aliphatic heterocycles. The molecule has 1 unspecified atom stereocenters. The number of hydrogen-bond acceptors (Lipinski definition) is 5. The Labute approximate surface area is 82.9 Å². The fourth-order valence-corrected chi connectivity index (χ4v) is 1.59. The number of ether oxygens (including phenoxy) is 1. The van der Waals surface area contributed by atoms with Crippen molar-refractivity contribution in [2.45, 2.75) is 51.0 Å². The third kappa shape index (κ3) is 2.43. The summed E-state index contributed by atoms with van der Waals surface area (Å²) in [5.41, 5.74) is 0. The lowest BCUT2D eigenvalue weighted by Gasteiger charge is -2.38. The second kappa shape index (κ2) is 4.55. The SMILES string of the molecule is CC(C)C[C@@H]1OC(O)[C@@H](O)[C@H](O)[C@H]1O. The van der Waals surface area contributed by atoms with E-state index < -0.39 is 30.7 Å². The Morgan fingerprint density at radius 3 is 2.07 bits per heavy atom. The second-order valence-electron chi connectivity index (χ2n) is 4.17. The van der Waals surface area contributed by atoms with Gasteiger partial charge in [-0.05, 0) is 12.3 Å². The Bertz CT molecular complexity index is 184. The molecular formula is C9H18O5. The zero-order chi connectivity index (χ0) is 10.9. The zero-order valence-electron chi connectivity index (χ0n) is 8.37. The Kier molecular flexibility index (Phi) is 3.86. The molecule has 4 N–H and O–H groups in total. The van der Waals surface area contributed by atoms with Crippen molar-refractivity contribution >= 4 is 0 Å². The monoisotopic (exact) mass is 206 g/mol. The van der Waals surface area contributed by atoms with E-state index in [1.807, 2.05) is 13.8 Å². The molecule has 0 amide bonds. The van der Waals surface area contributed by atoms with Crippen molar-refractivity contribution in [3.05, 3.63) is 0 Å². The van der Waals surface area contributed by atoms with Gasteiger partial charge in [-0.15, -0.1) is 0 Å². The van der Waals surface area contributed by atoms with E-state index in [1.54, 1.807) is 0 Å². The van der Waals surface area contributed by atoms with E-state index in [9.17, 15) is 20.4 Å². The van der Waals surface area contributed by atoms with Crippen molar-refractivity contribution < 1.29 is 25.2 Å². The summed E-state index contributed by atoms with van der Waals surface area (Å²) >= 11 is 0. The molecule has 0 aromatic rings. The van der Waals surface area contributed by atoms with Crippen LogP contribution >= 0.6 is 0 Å². The van der Waals surface area contributed by atoms with E-state index in [-0.39, 0.29) is 5.92 Å². The fraction of sp³-hybridized carbons (Fsp3) is 1.00. The summed E-state index contributed by atoms with van der Waals surface area (Å²) in [6.45, 7) is 3.89. The highest BCUT2D eigenvalue weighted by Crippen LogP contribution is 2.24. The molecule has 0 saturated carbocycles. The van der Waals surface area contributed by atoms with Gasteiger partial charge in [0.1, 0.15) is 18.3 Å². The average Bonchev–Trinajstić information content (AvgIpc) is 2.10. The third-order valence-corrected chi connectivity index (χ3v) is 2.39. The number of aliphatic hydroxyl groups excluding tert-OH is 4. The number of rotatable bonds is 2. The highest BCUT2D eigenvalue weighted by atomic mass is 16.6. The second-order valence-corrected chi connectivity index (χ2v) is 4.17. The van der Waals surface area contributed by atoms with Crippen LogP contribution < -0.4 is 0 Å². The lowest BCUT2D eigenvalue weighted by atomic mass is 9.93. The van der Waals surface area contributed by atoms with Crippen LogP contribution in [0.2, 0.25) is 0 Å². The van der Waals surface area contributed by atoms with E-state index in [0.717, 1.165) is 0 Å². The summed E-state index contributed by atoms with van der Waals surface area (Å²) in [4.78, 5) is 0. The normalized spacial score (nSPS) is 44.4. The van der Waals surface area contributed by atoms with Gasteiger partial charge in [-0.25, -0.2) is 0 Å². The van der Waals surface area contributed by atoms with Gasteiger partial charge < -0.3 is 25.2 Å². The number of hydrogen-bond donors (Lipinski definition) is 4. The molecule has 5 atom stereocenters. The lowest BCUT2D eigenvalue weighted by Crippen LogP contribution is -2.57. The van der Waals surface area contributed by atoms with Gasteiger partial charge >= 0.3 is 0 Å². The first-order valence-electron chi connectivity index (χ1n) is 4.81. The molecule has 84 valence electrons. The Morgan fingerprint density at radius 2 is 1.57 bits per heavy atom. The first kappa shape index (κ1) is 11.9. The van der Waals surface area contributed by atoms with Gasteiger partial charge in [-0.2, -0.15) is 0 Å². The predicted molar refractivity (Wildman–Crippen MR) is 48.4 cm³/mol. The van der Waals surface area contributed by atoms with Crippen LogP contribution in [0.3, 0.4) is 0 Å². The van der Waals surface area contributed by atoms with Crippen LogP contribution in [0.25, 0.3) is 0 Å². The van der Waals surface area contributed by atoms with Crippen LogP contribution in [0.1, 0.15) is 20.3 Å². The molecule has 0 spiro atoms. The minimum Gasteiger partial charge on any atom is -0.388 e. The van der Waals surface area contributed by atoms with Crippen LogP contribution in [0.15, 0.2) is 0 Å². The average molecular weight is 206 g/mol. The van der Waals surface area contributed by atoms with Crippen molar-refractivity contribution in [3.63, 3.8) is 0 Å². The summed E-state index contributed by atoms with van der Waals surface area (Å²) in [5, 5.41) is 37.3. The minimum absolute atomic E-state index is 0.282. The molecule has 5 heteroatoms. The maximum atomic E-state index is 9.53. The zero-order valence-corrected chi connectivity index (χ0v) is 8.37. The van der Waals surface area contributed by atoms with Crippen LogP contribution in [0.4, 0.5) is 0 Å². The molecule has 1 rings (SSSR count). The van der Waals surface area contributed by atoms with Gasteiger partial charge in [0, 0.05) is 0 Å². The highest BCUT2D eigenvalue weighted by molar-refractivity contribution is 4.88. The van der Waals surface area contributed by atoms with Gasteiger partial charge in [-0.3, -0.25) is 0 Å². The minimum atomic E-state index is -1.44. The molecular weight excluding hydrogens is 188 g/mol. The van der Waals surface area contributed by atoms with Gasteiger partial charge in [0.25, 0.3) is 0 Å². The summed E-state index contributed by atoms with van der Waals surface area (Å²) in [6.07, 6.45) is -5.44.